The van der Waals surface area contributed by atoms with Crippen LogP contribution < -0.4 is 0 Å². The maximum Gasteiger partial charge on any atom is 0.100 e. The molecule has 0 fully saturated rings. The molecule has 0 N–H and O–H groups in total. The quantitative estimate of drug-likeness (QED) is 0.575. The molecular formula is C6H4ClNS. The lowest BCUT2D eigenvalue weighted by atomic mass is 10.2. The molecule has 0 atom stereocenters. The molecule has 0 radical (unpaired) electrons. The minimum atomic E-state index is 0.437. The third-order valence-electron chi connectivity index (χ3n) is 1.01. The van der Waals surface area contributed by atoms with Crippen molar-refractivity contribution in [2.75, 3.05) is 0 Å². The van der Waals surface area contributed by atoms with Gasteiger partial charge >= 0.3 is 0 Å². The first-order chi connectivity index (χ1) is 4.38. The van der Waals surface area contributed by atoms with E-state index in [0.717, 1.165) is 5.56 Å². The summed E-state index contributed by atoms with van der Waals surface area (Å²) in [4.78, 5) is 0. The normalized spacial score (nSPS) is 8.89. The summed E-state index contributed by atoms with van der Waals surface area (Å²) < 4.78 is 0. The second-order valence-corrected chi connectivity index (χ2v) is 2.57. The number of rotatable bonds is 1. The highest BCUT2D eigenvalue weighted by atomic mass is 35.5. The lowest BCUT2D eigenvalue weighted by Gasteiger charge is -1.83. The van der Waals surface area contributed by atoms with Gasteiger partial charge in [0.05, 0.1) is 5.56 Å². The molecule has 1 heterocycles. The standard InChI is InChI=1S/C6H4ClNS/c7-1-5-3-9-4-6(5)2-8/h3-4H,1H2. The zero-order valence-electron chi connectivity index (χ0n) is 4.60. The minimum Gasteiger partial charge on any atom is -0.192 e. The second kappa shape index (κ2) is 2.86. The minimum absolute atomic E-state index is 0.437. The van der Waals surface area contributed by atoms with E-state index in [0.29, 0.717) is 11.4 Å². The number of halogens is 1. The van der Waals surface area contributed by atoms with Crippen LogP contribution in [0.5, 0.6) is 0 Å². The Morgan fingerprint density at radius 3 is 2.89 bits per heavy atom. The Bertz CT molecular complexity index is 235. The summed E-state index contributed by atoms with van der Waals surface area (Å²) in [5, 5.41) is 12.1. The molecule has 0 saturated carbocycles. The van der Waals surface area contributed by atoms with Gasteiger partial charge in [0.1, 0.15) is 6.07 Å². The Labute approximate surface area is 62.5 Å². The molecule has 0 spiro atoms. The van der Waals surface area contributed by atoms with Crippen LogP contribution in [0, 0.1) is 11.3 Å². The number of thiophene rings is 1. The van der Waals surface area contributed by atoms with Crippen molar-refractivity contribution in [3.05, 3.63) is 21.9 Å². The van der Waals surface area contributed by atoms with Crippen molar-refractivity contribution in [2.24, 2.45) is 0 Å². The van der Waals surface area contributed by atoms with Crippen LogP contribution in [0.15, 0.2) is 10.8 Å². The van der Waals surface area contributed by atoms with Gasteiger partial charge in [0.15, 0.2) is 0 Å². The molecule has 9 heavy (non-hydrogen) atoms. The Morgan fingerprint density at radius 1 is 1.67 bits per heavy atom. The molecule has 0 aliphatic rings. The number of hydrogen-bond donors (Lipinski definition) is 0. The largest absolute Gasteiger partial charge is 0.192 e. The van der Waals surface area contributed by atoms with Crippen molar-refractivity contribution < 1.29 is 0 Å². The van der Waals surface area contributed by atoms with E-state index < -0.39 is 0 Å². The highest BCUT2D eigenvalue weighted by Gasteiger charge is 1.98. The van der Waals surface area contributed by atoms with Crippen LogP contribution >= 0.6 is 22.9 Å². The van der Waals surface area contributed by atoms with Crippen molar-refractivity contribution in [1.82, 2.24) is 0 Å². The summed E-state index contributed by atoms with van der Waals surface area (Å²) in [5.41, 5.74) is 1.64. The Kier molecular flexibility index (Phi) is 2.10. The van der Waals surface area contributed by atoms with Crippen LogP contribution in [0.2, 0.25) is 0 Å². The highest BCUT2D eigenvalue weighted by Crippen LogP contribution is 2.15. The lowest BCUT2D eigenvalue weighted by molar-refractivity contribution is 1.40. The summed E-state index contributed by atoms with van der Waals surface area (Å²) >= 11 is 7.02. The molecule has 0 unspecified atom stereocenters. The van der Waals surface area contributed by atoms with E-state index >= 15 is 0 Å². The molecular weight excluding hydrogens is 154 g/mol. The fraction of sp³-hybridized carbons (Fsp3) is 0.167. The average molecular weight is 158 g/mol. The summed E-state index contributed by atoms with van der Waals surface area (Å²) in [6.45, 7) is 0. The third kappa shape index (κ3) is 1.24. The van der Waals surface area contributed by atoms with Crippen LogP contribution in [0.3, 0.4) is 0 Å². The van der Waals surface area contributed by atoms with Gasteiger partial charge in [-0.05, 0) is 10.9 Å². The monoisotopic (exact) mass is 157 g/mol. The van der Waals surface area contributed by atoms with Crippen LogP contribution in [0.1, 0.15) is 11.1 Å². The van der Waals surface area contributed by atoms with Gasteiger partial charge in [0.25, 0.3) is 0 Å². The van der Waals surface area contributed by atoms with E-state index in [1.54, 1.807) is 5.38 Å². The van der Waals surface area contributed by atoms with E-state index in [9.17, 15) is 0 Å². The van der Waals surface area contributed by atoms with Crippen LogP contribution in [-0.4, -0.2) is 0 Å². The predicted molar refractivity (Wildman–Crippen MR) is 38.6 cm³/mol. The molecule has 3 heteroatoms. The fourth-order valence-electron chi connectivity index (χ4n) is 0.525. The number of nitriles is 1. The van der Waals surface area contributed by atoms with Gasteiger partial charge in [-0.25, -0.2) is 0 Å². The molecule has 46 valence electrons. The summed E-state index contributed by atoms with van der Waals surface area (Å²) in [6.07, 6.45) is 0. The van der Waals surface area contributed by atoms with Crippen molar-refractivity contribution in [3.63, 3.8) is 0 Å². The van der Waals surface area contributed by atoms with Gasteiger partial charge in [0, 0.05) is 11.3 Å². The summed E-state index contributed by atoms with van der Waals surface area (Å²) in [6, 6.07) is 2.05. The lowest BCUT2D eigenvalue weighted by Crippen LogP contribution is -1.74. The molecule has 1 aromatic heterocycles. The number of hydrogen-bond acceptors (Lipinski definition) is 2. The Hall–Kier alpha value is -0.520. The number of nitrogens with zero attached hydrogens (tertiary/aromatic N) is 1. The average Bonchev–Trinajstić information content (AvgIpc) is 2.33. The first-order valence-electron chi connectivity index (χ1n) is 2.39. The second-order valence-electron chi connectivity index (χ2n) is 1.56. The molecule has 0 aliphatic heterocycles. The van der Waals surface area contributed by atoms with Crippen molar-refractivity contribution in [1.29, 1.82) is 5.26 Å². The molecule has 0 aromatic carbocycles. The summed E-state index contributed by atoms with van der Waals surface area (Å²) in [7, 11) is 0. The maximum atomic E-state index is 8.44. The van der Waals surface area contributed by atoms with Crippen molar-refractivity contribution in [3.8, 4) is 6.07 Å². The van der Waals surface area contributed by atoms with Gasteiger partial charge in [0.2, 0.25) is 0 Å². The van der Waals surface area contributed by atoms with Crippen molar-refractivity contribution >= 4 is 22.9 Å². The highest BCUT2D eigenvalue weighted by molar-refractivity contribution is 7.08. The van der Waals surface area contributed by atoms with Crippen LogP contribution in [0.4, 0.5) is 0 Å². The topological polar surface area (TPSA) is 23.8 Å². The SMILES string of the molecule is N#Cc1cscc1CCl. The molecule has 0 bridgehead atoms. The predicted octanol–water partition coefficient (Wildman–Crippen LogP) is 2.36. The maximum absolute atomic E-state index is 8.44. The molecule has 1 nitrogen and oxygen atoms in total. The Morgan fingerprint density at radius 2 is 2.44 bits per heavy atom. The third-order valence-corrected chi connectivity index (χ3v) is 2.09. The zero-order chi connectivity index (χ0) is 6.69. The van der Waals surface area contributed by atoms with E-state index in [1.807, 2.05) is 5.38 Å². The number of alkyl halides is 1. The van der Waals surface area contributed by atoms with Crippen LogP contribution in [0.25, 0.3) is 0 Å². The summed E-state index contributed by atoms with van der Waals surface area (Å²) in [5.74, 6) is 0.437. The van der Waals surface area contributed by atoms with Gasteiger partial charge in [-0.3, -0.25) is 0 Å². The van der Waals surface area contributed by atoms with E-state index in [1.165, 1.54) is 11.3 Å². The smallest absolute Gasteiger partial charge is 0.100 e. The molecule has 1 rings (SSSR count). The van der Waals surface area contributed by atoms with E-state index in [2.05, 4.69) is 6.07 Å². The van der Waals surface area contributed by atoms with Crippen molar-refractivity contribution in [2.45, 2.75) is 5.88 Å². The molecule has 0 saturated heterocycles. The first kappa shape index (κ1) is 6.60. The van der Waals surface area contributed by atoms with Gasteiger partial charge in [-0.1, -0.05) is 0 Å². The molecule has 0 amide bonds. The van der Waals surface area contributed by atoms with Crippen LogP contribution in [-0.2, 0) is 5.88 Å². The molecule has 1 aromatic rings. The van der Waals surface area contributed by atoms with Gasteiger partial charge in [-0.2, -0.15) is 16.6 Å². The zero-order valence-corrected chi connectivity index (χ0v) is 6.17. The fourth-order valence-corrected chi connectivity index (χ4v) is 1.62. The molecule has 0 aliphatic carbocycles. The van der Waals surface area contributed by atoms with Gasteiger partial charge in [-0.15, -0.1) is 11.6 Å². The van der Waals surface area contributed by atoms with E-state index in [-0.39, 0.29) is 0 Å². The Balaban J connectivity index is 3.02. The first-order valence-corrected chi connectivity index (χ1v) is 3.87. The van der Waals surface area contributed by atoms with E-state index in [4.69, 9.17) is 16.9 Å². The van der Waals surface area contributed by atoms with Gasteiger partial charge < -0.3 is 0 Å².